The maximum Gasteiger partial charge on any atom is 0.120 e. The predicted molar refractivity (Wildman–Crippen MR) is 31.6 cm³/mol. The standard InChI is InChI=1S/C7H8O/c1-2-7-5-3-4-6(7)8-7/h2-4,6H,1,5H2. The molecule has 1 heterocycles. The molecule has 8 heavy (non-hydrogen) atoms. The van der Waals surface area contributed by atoms with Crippen LogP contribution in [0.25, 0.3) is 0 Å². The summed E-state index contributed by atoms with van der Waals surface area (Å²) in [4.78, 5) is 0. The number of hydrogen-bond acceptors (Lipinski definition) is 1. The van der Waals surface area contributed by atoms with Crippen molar-refractivity contribution in [3.8, 4) is 0 Å². The second-order valence-corrected chi connectivity index (χ2v) is 2.33. The third-order valence-electron chi connectivity index (χ3n) is 1.86. The van der Waals surface area contributed by atoms with Crippen molar-refractivity contribution in [3.05, 3.63) is 24.8 Å². The Bertz CT molecular complexity index is 160. The van der Waals surface area contributed by atoms with E-state index in [9.17, 15) is 0 Å². The molecule has 1 heteroatoms. The molecule has 0 amide bonds. The minimum absolute atomic E-state index is 0.0556. The first-order valence-electron chi connectivity index (χ1n) is 2.85. The van der Waals surface area contributed by atoms with E-state index in [1.807, 2.05) is 6.08 Å². The third kappa shape index (κ3) is 0.315. The molecule has 2 aliphatic rings. The fourth-order valence-electron chi connectivity index (χ4n) is 1.19. The molecule has 42 valence electrons. The molecule has 0 N–H and O–H groups in total. The molecule has 1 nitrogen and oxygen atoms in total. The predicted octanol–water partition coefficient (Wildman–Crippen LogP) is 1.27. The van der Waals surface area contributed by atoms with Gasteiger partial charge < -0.3 is 4.74 Å². The van der Waals surface area contributed by atoms with Gasteiger partial charge >= 0.3 is 0 Å². The first-order valence-corrected chi connectivity index (χ1v) is 2.85. The zero-order valence-corrected chi connectivity index (χ0v) is 4.63. The smallest absolute Gasteiger partial charge is 0.120 e. The summed E-state index contributed by atoms with van der Waals surface area (Å²) in [6.07, 6.45) is 7.55. The van der Waals surface area contributed by atoms with Crippen LogP contribution < -0.4 is 0 Å². The lowest BCUT2D eigenvalue weighted by atomic mass is 10.1. The summed E-state index contributed by atoms with van der Waals surface area (Å²) in [5.41, 5.74) is 0.0556. The maximum absolute atomic E-state index is 5.28. The molecule has 0 aromatic heterocycles. The van der Waals surface area contributed by atoms with Crippen molar-refractivity contribution >= 4 is 0 Å². The van der Waals surface area contributed by atoms with Gasteiger partial charge in [-0.1, -0.05) is 18.2 Å². The molecule has 2 rings (SSSR count). The molecule has 1 aliphatic carbocycles. The first-order chi connectivity index (χ1) is 3.87. The molecule has 2 unspecified atom stereocenters. The average molecular weight is 108 g/mol. The number of rotatable bonds is 1. The molecule has 1 saturated heterocycles. The Labute approximate surface area is 48.7 Å². The second-order valence-electron chi connectivity index (χ2n) is 2.33. The van der Waals surface area contributed by atoms with Crippen LogP contribution >= 0.6 is 0 Å². The van der Waals surface area contributed by atoms with Crippen LogP contribution in [-0.4, -0.2) is 11.7 Å². The number of hydrogen-bond donors (Lipinski definition) is 0. The van der Waals surface area contributed by atoms with Crippen LogP contribution in [0, 0.1) is 0 Å². The van der Waals surface area contributed by atoms with Gasteiger partial charge in [0.05, 0.1) is 0 Å². The van der Waals surface area contributed by atoms with Gasteiger partial charge in [-0.15, -0.1) is 6.58 Å². The van der Waals surface area contributed by atoms with E-state index >= 15 is 0 Å². The van der Waals surface area contributed by atoms with E-state index in [4.69, 9.17) is 4.74 Å². The van der Waals surface area contributed by atoms with Crippen LogP contribution in [0.5, 0.6) is 0 Å². The molecule has 1 fully saturated rings. The third-order valence-corrected chi connectivity index (χ3v) is 1.86. The van der Waals surface area contributed by atoms with Crippen LogP contribution in [0.15, 0.2) is 24.8 Å². The normalized spacial score (nSPS) is 48.8. The fourth-order valence-corrected chi connectivity index (χ4v) is 1.19. The van der Waals surface area contributed by atoms with Crippen molar-refractivity contribution in [2.45, 2.75) is 18.1 Å². The molecular formula is C7H8O. The maximum atomic E-state index is 5.28. The highest BCUT2D eigenvalue weighted by atomic mass is 16.6. The quantitative estimate of drug-likeness (QED) is 0.364. The lowest BCUT2D eigenvalue weighted by Gasteiger charge is -1.94. The Hall–Kier alpha value is -0.560. The zero-order chi connectivity index (χ0) is 5.61. The molecular weight excluding hydrogens is 100 g/mol. The van der Waals surface area contributed by atoms with Crippen LogP contribution in [0.3, 0.4) is 0 Å². The van der Waals surface area contributed by atoms with Crippen LogP contribution in [0.4, 0.5) is 0 Å². The van der Waals surface area contributed by atoms with E-state index < -0.39 is 0 Å². The van der Waals surface area contributed by atoms with Gasteiger partial charge in [0.2, 0.25) is 0 Å². The summed E-state index contributed by atoms with van der Waals surface area (Å²) in [5.74, 6) is 0. The highest BCUT2D eigenvalue weighted by Gasteiger charge is 2.54. The SMILES string of the molecule is C=CC12CC=CC1O2. The number of epoxide rings is 1. The lowest BCUT2D eigenvalue weighted by molar-refractivity contribution is 0.335. The van der Waals surface area contributed by atoms with Gasteiger partial charge in [-0.3, -0.25) is 0 Å². The molecule has 0 spiro atoms. The summed E-state index contributed by atoms with van der Waals surface area (Å²) < 4.78 is 5.28. The van der Waals surface area contributed by atoms with Crippen LogP contribution in [-0.2, 0) is 4.74 Å². The highest BCUT2D eigenvalue weighted by molar-refractivity contribution is 5.28. The lowest BCUT2D eigenvalue weighted by Crippen LogP contribution is -2.02. The van der Waals surface area contributed by atoms with E-state index in [-0.39, 0.29) is 5.60 Å². The molecule has 1 aliphatic heterocycles. The topological polar surface area (TPSA) is 12.5 Å². The van der Waals surface area contributed by atoms with Gasteiger partial charge in [-0.2, -0.15) is 0 Å². The fraction of sp³-hybridized carbons (Fsp3) is 0.429. The van der Waals surface area contributed by atoms with Gasteiger partial charge in [-0.25, -0.2) is 0 Å². The second kappa shape index (κ2) is 1.06. The minimum atomic E-state index is 0.0556. The van der Waals surface area contributed by atoms with Crippen molar-refractivity contribution in [3.63, 3.8) is 0 Å². The Morgan fingerprint density at radius 2 is 2.75 bits per heavy atom. The average Bonchev–Trinajstić information content (AvgIpc) is 2.38. The summed E-state index contributed by atoms with van der Waals surface area (Å²) in [6.45, 7) is 3.69. The Morgan fingerprint density at radius 3 is 3.00 bits per heavy atom. The monoisotopic (exact) mass is 108 g/mol. The minimum Gasteiger partial charge on any atom is -0.357 e. The summed E-state index contributed by atoms with van der Waals surface area (Å²) in [6, 6.07) is 0. The van der Waals surface area contributed by atoms with Crippen molar-refractivity contribution in [1.29, 1.82) is 0 Å². The van der Waals surface area contributed by atoms with Crippen molar-refractivity contribution in [2.75, 3.05) is 0 Å². The molecule has 2 atom stereocenters. The van der Waals surface area contributed by atoms with Crippen LogP contribution in [0.2, 0.25) is 0 Å². The highest BCUT2D eigenvalue weighted by Crippen LogP contribution is 2.46. The molecule has 0 aromatic carbocycles. The first kappa shape index (κ1) is 4.33. The van der Waals surface area contributed by atoms with Crippen molar-refractivity contribution in [1.82, 2.24) is 0 Å². The van der Waals surface area contributed by atoms with E-state index in [0.29, 0.717) is 6.10 Å². The number of ether oxygens (including phenoxy) is 1. The Kier molecular flexibility index (Phi) is 0.571. The van der Waals surface area contributed by atoms with Gasteiger partial charge in [0, 0.05) is 6.42 Å². The Balaban J connectivity index is 2.26. The van der Waals surface area contributed by atoms with E-state index in [1.165, 1.54) is 0 Å². The molecule has 0 saturated carbocycles. The zero-order valence-electron chi connectivity index (χ0n) is 4.63. The van der Waals surface area contributed by atoms with Gasteiger partial charge in [0.25, 0.3) is 0 Å². The molecule has 0 aromatic rings. The van der Waals surface area contributed by atoms with Gasteiger partial charge in [0.1, 0.15) is 11.7 Å². The summed E-state index contributed by atoms with van der Waals surface area (Å²) in [5, 5.41) is 0. The largest absolute Gasteiger partial charge is 0.357 e. The van der Waals surface area contributed by atoms with E-state index in [0.717, 1.165) is 6.42 Å². The van der Waals surface area contributed by atoms with Crippen LogP contribution in [0.1, 0.15) is 6.42 Å². The number of fused-ring (bicyclic) bond motifs is 1. The van der Waals surface area contributed by atoms with E-state index in [1.54, 1.807) is 0 Å². The van der Waals surface area contributed by atoms with Gasteiger partial charge in [0.15, 0.2) is 0 Å². The molecule has 0 bridgehead atoms. The van der Waals surface area contributed by atoms with Crippen molar-refractivity contribution in [2.24, 2.45) is 0 Å². The molecule has 0 radical (unpaired) electrons. The Morgan fingerprint density at radius 1 is 1.88 bits per heavy atom. The van der Waals surface area contributed by atoms with E-state index in [2.05, 4.69) is 18.7 Å². The van der Waals surface area contributed by atoms with Gasteiger partial charge in [-0.05, 0) is 0 Å². The summed E-state index contributed by atoms with van der Waals surface area (Å²) >= 11 is 0. The summed E-state index contributed by atoms with van der Waals surface area (Å²) in [7, 11) is 0. The van der Waals surface area contributed by atoms with Crippen molar-refractivity contribution < 1.29 is 4.74 Å².